The Morgan fingerprint density at radius 1 is 1.41 bits per heavy atom. The molecule has 0 saturated carbocycles. The number of hydrogen-bond acceptors (Lipinski definition) is 5. The summed E-state index contributed by atoms with van der Waals surface area (Å²) in [5.41, 5.74) is 5.45. The molecule has 0 fully saturated rings. The van der Waals surface area contributed by atoms with Gasteiger partial charge >= 0.3 is 5.97 Å². The Morgan fingerprint density at radius 2 is 1.94 bits per heavy atom. The number of carbonyl (C=O) groups is 2. The molecule has 1 amide bonds. The van der Waals surface area contributed by atoms with Gasteiger partial charge in [0.1, 0.15) is 9.84 Å². The molecule has 0 saturated heterocycles. The highest BCUT2D eigenvalue weighted by Gasteiger charge is 2.18. The summed E-state index contributed by atoms with van der Waals surface area (Å²) in [4.78, 5) is 21.7. The molecule has 4 N–H and O–H groups in total. The fourth-order valence-electron chi connectivity index (χ4n) is 1.26. The normalized spacial score (nSPS) is 15.0. The van der Waals surface area contributed by atoms with Gasteiger partial charge in [0.25, 0.3) is 0 Å². The molecule has 0 rings (SSSR count). The third-order valence-electron chi connectivity index (χ3n) is 1.95. The second kappa shape index (κ2) is 6.55. The predicted octanol–water partition coefficient (Wildman–Crippen LogP) is -1.27. The Balaban J connectivity index is 4.11. The van der Waals surface area contributed by atoms with Crippen LogP contribution in [0.4, 0.5) is 0 Å². The third-order valence-corrected chi connectivity index (χ3v) is 3.05. The maximum atomic E-state index is 11.4. The van der Waals surface area contributed by atoms with Crippen LogP contribution in [0.2, 0.25) is 0 Å². The van der Waals surface area contributed by atoms with E-state index in [-0.39, 0.29) is 18.6 Å². The number of rotatable bonds is 7. The molecule has 0 aliphatic heterocycles. The van der Waals surface area contributed by atoms with Crippen LogP contribution >= 0.6 is 0 Å². The van der Waals surface area contributed by atoms with Crippen molar-refractivity contribution >= 4 is 21.7 Å². The van der Waals surface area contributed by atoms with E-state index in [1.807, 2.05) is 0 Å². The average molecular weight is 266 g/mol. The lowest BCUT2D eigenvalue weighted by atomic mass is 10.1. The second-order valence-corrected chi connectivity index (χ2v) is 6.23. The summed E-state index contributed by atoms with van der Waals surface area (Å²) in [6, 6.07) is -1.48. The quantitative estimate of drug-likeness (QED) is 0.527. The Kier molecular flexibility index (Phi) is 6.11. The number of carbonyl (C=O) groups excluding carboxylic acids is 1. The van der Waals surface area contributed by atoms with Crippen LogP contribution < -0.4 is 11.1 Å². The second-order valence-electron chi connectivity index (χ2n) is 4.04. The fraction of sp³-hybridized carbons (Fsp3) is 0.778. The minimum atomic E-state index is -3.17. The van der Waals surface area contributed by atoms with E-state index in [1.54, 1.807) is 6.92 Å². The molecule has 0 aliphatic rings. The van der Waals surface area contributed by atoms with Gasteiger partial charge in [-0.25, -0.2) is 8.42 Å². The molecule has 0 heterocycles. The number of aliphatic carboxylic acids is 1. The van der Waals surface area contributed by atoms with Crippen LogP contribution in [0.1, 0.15) is 19.8 Å². The monoisotopic (exact) mass is 266 g/mol. The van der Waals surface area contributed by atoms with Gasteiger partial charge in [-0.15, -0.1) is 0 Å². The van der Waals surface area contributed by atoms with E-state index < -0.39 is 33.8 Å². The third kappa shape index (κ3) is 8.64. The van der Waals surface area contributed by atoms with Crippen LogP contribution in [0.5, 0.6) is 0 Å². The highest BCUT2D eigenvalue weighted by Crippen LogP contribution is 1.97. The van der Waals surface area contributed by atoms with Gasteiger partial charge in [0.05, 0.1) is 11.8 Å². The number of nitrogens with two attached hydrogens (primary N) is 1. The first-order chi connectivity index (χ1) is 7.61. The lowest BCUT2D eigenvalue weighted by Crippen LogP contribution is -2.46. The topological polar surface area (TPSA) is 127 Å². The molecule has 100 valence electrons. The van der Waals surface area contributed by atoms with Crippen LogP contribution in [0.3, 0.4) is 0 Å². The van der Waals surface area contributed by atoms with Crippen molar-refractivity contribution in [1.29, 1.82) is 0 Å². The zero-order chi connectivity index (χ0) is 13.6. The Hall–Kier alpha value is -1.15. The Morgan fingerprint density at radius 3 is 2.35 bits per heavy atom. The summed E-state index contributed by atoms with van der Waals surface area (Å²) in [5, 5.41) is 10.8. The number of carboxylic acids is 1. The van der Waals surface area contributed by atoms with Gasteiger partial charge in [-0.1, -0.05) is 0 Å². The van der Waals surface area contributed by atoms with Crippen molar-refractivity contribution in [2.75, 3.05) is 12.0 Å². The summed E-state index contributed by atoms with van der Waals surface area (Å²) in [7, 11) is -3.17. The van der Waals surface area contributed by atoms with E-state index in [9.17, 15) is 18.0 Å². The first-order valence-electron chi connectivity index (χ1n) is 5.07. The summed E-state index contributed by atoms with van der Waals surface area (Å²) < 4.78 is 21.9. The van der Waals surface area contributed by atoms with E-state index in [2.05, 4.69) is 5.32 Å². The highest BCUT2D eigenvalue weighted by atomic mass is 32.2. The van der Waals surface area contributed by atoms with Crippen LogP contribution in [-0.2, 0) is 19.4 Å². The zero-order valence-corrected chi connectivity index (χ0v) is 10.7. The van der Waals surface area contributed by atoms with Crippen molar-refractivity contribution in [2.24, 2.45) is 5.73 Å². The molecule has 0 aliphatic carbocycles. The van der Waals surface area contributed by atoms with Crippen LogP contribution in [0.25, 0.3) is 0 Å². The standard InChI is InChI=1S/C9H18N2O5S/c1-6(5-17(2,15)16)11-9(14)7(10)3-4-8(12)13/h6-7H,3-5,10H2,1-2H3,(H,11,14)(H,12,13). The molecule has 0 aromatic heterocycles. The van der Waals surface area contributed by atoms with Crippen molar-refractivity contribution < 1.29 is 23.1 Å². The summed E-state index contributed by atoms with van der Waals surface area (Å²) in [6.45, 7) is 1.54. The SMILES string of the molecule is CC(CS(C)(=O)=O)NC(=O)C(N)CCC(=O)O. The van der Waals surface area contributed by atoms with E-state index in [0.717, 1.165) is 6.26 Å². The molecular formula is C9H18N2O5S. The molecular weight excluding hydrogens is 248 g/mol. The van der Waals surface area contributed by atoms with Gasteiger partial charge in [-0.2, -0.15) is 0 Å². The lowest BCUT2D eigenvalue weighted by Gasteiger charge is -2.16. The smallest absolute Gasteiger partial charge is 0.303 e. The largest absolute Gasteiger partial charge is 0.481 e. The number of hydrogen-bond donors (Lipinski definition) is 3. The van der Waals surface area contributed by atoms with Crippen LogP contribution in [0, 0.1) is 0 Å². The molecule has 7 nitrogen and oxygen atoms in total. The number of nitrogens with one attached hydrogen (secondary N) is 1. The maximum Gasteiger partial charge on any atom is 0.303 e. The minimum absolute atomic E-state index is 0.0206. The lowest BCUT2D eigenvalue weighted by molar-refractivity contribution is -0.137. The molecule has 0 spiro atoms. The molecule has 17 heavy (non-hydrogen) atoms. The molecule has 0 aromatic carbocycles. The molecule has 2 atom stereocenters. The zero-order valence-electron chi connectivity index (χ0n) is 9.84. The summed E-state index contributed by atoms with van der Waals surface area (Å²) >= 11 is 0. The van der Waals surface area contributed by atoms with E-state index >= 15 is 0 Å². The summed E-state index contributed by atoms with van der Waals surface area (Å²) in [5.74, 6) is -1.75. The first-order valence-corrected chi connectivity index (χ1v) is 7.13. The Labute approximate surface area is 100 Å². The van der Waals surface area contributed by atoms with E-state index in [4.69, 9.17) is 10.8 Å². The van der Waals surface area contributed by atoms with Gasteiger partial charge in [0.15, 0.2) is 0 Å². The van der Waals surface area contributed by atoms with Gasteiger partial charge < -0.3 is 16.2 Å². The van der Waals surface area contributed by atoms with Gasteiger partial charge in [0.2, 0.25) is 5.91 Å². The maximum absolute atomic E-state index is 11.4. The Bertz CT molecular complexity index is 379. The number of sulfone groups is 1. The number of amides is 1. The van der Waals surface area contributed by atoms with Crippen molar-refractivity contribution in [3.63, 3.8) is 0 Å². The van der Waals surface area contributed by atoms with Gasteiger partial charge in [-0.3, -0.25) is 9.59 Å². The molecule has 0 aromatic rings. The molecule has 2 unspecified atom stereocenters. The van der Waals surface area contributed by atoms with E-state index in [0.29, 0.717) is 0 Å². The van der Waals surface area contributed by atoms with Crippen molar-refractivity contribution in [2.45, 2.75) is 31.8 Å². The van der Waals surface area contributed by atoms with Crippen molar-refractivity contribution in [3.8, 4) is 0 Å². The number of carboxylic acid groups (broad SMARTS) is 1. The average Bonchev–Trinajstić information content (AvgIpc) is 2.10. The van der Waals surface area contributed by atoms with Crippen LogP contribution in [-0.4, -0.2) is 49.5 Å². The molecule has 0 radical (unpaired) electrons. The van der Waals surface area contributed by atoms with Crippen molar-refractivity contribution in [3.05, 3.63) is 0 Å². The van der Waals surface area contributed by atoms with Crippen LogP contribution in [0.15, 0.2) is 0 Å². The van der Waals surface area contributed by atoms with E-state index in [1.165, 1.54) is 0 Å². The van der Waals surface area contributed by atoms with Crippen molar-refractivity contribution in [1.82, 2.24) is 5.32 Å². The first kappa shape index (κ1) is 15.9. The minimum Gasteiger partial charge on any atom is -0.481 e. The predicted molar refractivity (Wildman–Crippen MR) is 62.2 cm³/mol. The summed E-state index contributed by atoms with van der Waals surface area (Å²) in [6.07, 6.45) is 0.891. The van der Waals surface area contributed by atoms with Gasteiger partial charge in [0, 0.05) is 18.7 Å². The highest BCUT2D eigenvalue weighted by molar-refractivity contribution is 7.90. The van der Waals surface area contributed by atoms with Gasteiger partial charge in [-0.05, 0) is 13.3 Å². The molecule has 8 heteroatoms. The fourth-order valence-corrected chi connectivity index (χ4v) is 2.25. The molecule has 0 bridgehead atoms.